The third-order valence-corrected chi connectivity index (χ3v) is 5.39. The molecule has 1 unspecified atom stereocenters. The van der Waals surface area contributed by atoms with Gasteiger partial charge in [-0.1, -0.05) is 59.8 Å². The van der Waals surface area contributed by atoms with Gasteiger partial charge in [0.2, 0.25) is 0 Å². The summed E-state index contributed by atoms with van der Waals surface area (Å²) in [7, 11) is 0. The van der Waals surface area contributed by atoms with Crippen molar-refractivity contribution in [3.05, 3.63) is 83.2 Å². The van der Waals surface area contributed by atoms with Crippen LogP contribution in [0.25, 0.3) is 0 Å². The number of ether oxygens (including phenoxy) is 1. The molecular weight excluding hydrogens is 378 g/mol. The number of allylic oxidation sites excluding steroid dienone is 1. The van der Waals surface area contributed by atoms with Crippen molar-refractivity contribution in [2.24, 2.45) is 0 Å². The molecule has 0 saturated carbocycles. The van der Waals surface area contributed by atoms with E-state index in [0.717, 1.165) is 33.1 Å². The maximum Gasteiger partial charge on any atom is 0.191 e. The zero-order valence-corrected chi connectivity index (χ0v) is 17.0. The van der Waals surface area contributed by atoms with Crippen molar-refractivity contribution in [3.8, 4) is 5.75 Å². The first-order valence-electron chi connectivity index (χ1n) is 8.72. The predicted molar refractivity (Wildman–Crippen MR) is 111 cm³/mol. The number of hydrogen-bond acceptors (Lipinski definition) is 4. The predicted octanol–water partition coefficient (Wildman–Crippen LogP) is 5.86. The van der Waals surface area contributed by atoms with E-state index in [2.05, 4.69) is 21.3 Å². The summed E-state index contributed by atoms with van der Waals surface area (Å²) in [6.45, 7) is 8.52. The molecule has 0 aliphatic heterocycles. The lowest BCUT2D eigenvalue weighted by Gasteiger charge is -2.17. The Bertz CT molecular complexity index is 908. The minimum atomic E-state index is -0.219. The van der Waals surface area contributed by atoms with Crippen molar-refractivity contribution in [2.75, 3.05) is 0 Å². The lowest BCUT2D eigenvalue weighted by atomic mass is 10.2. The minimum absolute atomic E-state index is 0.219. The van der Waals surface area contributed by atoms with E-state index < -0.39 is 0 Å². The topological polar surface area (TPSA) is 39.9 Å². The standard InChI is InChI=1S/C21H22ClN3OS/c1-4-13-25-20(16(3)26-19-8-6-5-7-15(19)2)23-24-21(25)27-14-17-9-11-18(22)12-10-17/h4-12,16H,1,13-14H2,2-3H3. The Kier molecular flexibility index (Phi) is 6.58. The van der Waals surface area contributed by atoms with Gasteiger partial charge in [-0.2, -0.15) is 0 Å². The highest BCUT2D eigenvalue weighted by Gasteiger charge is 2.19. The molecule has 0 fully saturated rings. The maximum atomic E-state index is 6.13. The van der Waals surface area contributed by atoms with E-state index in [0.29, 0.717) is 6.54 Å². The van der Waals surface area contributed by atoms with Crippen molar-refractivity contribution in [1.29, 1.82) is 0 Å². The van der Waals surface area contributed by atoms with Crippen molar-refractivity contribution in [3.63, 3.8) is 0 Å². The molecule has 0 radical (unpaired) electrons. The van der Waals surface area contributed by atoms with Gasteiger partial charge in [0.25, 0.3) is 0 Å². The highest BCUT2D eigenvalue weighted by molar-refractivity contribution is 7.98. The van der Waals surface area contributed by atoms with Gasteiger partial charge >= 0.3 is 0 Å². The van der Waals surface area contributed by atoms with Crippen LogP contribution in [0, 0.1) is 6.92 Å². The fourth-order valence-corrected chi connectivity index (χ4v) is 3.71. The number of para-hydroxylation sites is 1. The van der Waals surface area contributed by atoms with Gasteiger partial charge in [0, 0.05) is 17.3 Å². The van der Waals surface area contributed by atoms with Crippen LogP contribution < -0.4 is 4.74 Å². The van der Waals surface area contributed by atoms with Crippen LogP contribution in [0.5, 0.6) is 5.75 Å². The molecule has 0 amide bonds. The molecule has 0 aliphatic carbocycles. The Morgan fingerprint density at radius 3 is 2.63 bits per heavy atom. The molecule has 1 atom stereocenters. The van der Waals surface area contributed by atoms with E-state index in [1.165, 1.54) is 5.56 Å². The second-order valence-electron chi connectivity index (χ2n) is 6.18. The van der Waals surface area contributed by atoms with Gasteiger partial charge in [0.05, 0.1) is 0 Å². The molecular formula is C21H22ClN3OS. The summed E-state index contributed by atoms with van der Waals surface area (Å²) < 4.78 is 8.18. The summed E-state index contributed by atoms with van der Waals surface area (Å²) in [6.07, 6.45) is 1.63. The van der Waals surface area contributed by atoms with Crippen LogP contribution in [0.3, 0.4) is 0 Å². The zero-order chi connectivity index (χ0) is 19.2. The fourth-order valence-electron chi connectivity index (χ4n) is 2.67. The van der Waals surface area contributed by atoms with Crippen LogP contribution in [0.1, 0.15) is 30.0 Å². The number of rotatable bonds is 8. The van der Waals surface area contributed by atoms with Gasteiger partial charge in [-0.25, -0.2) is 0 Å². The van der Waals surface area contributed by atoms with Crippen molar-refractivity contribution < 1.29 is 4.74 Å². The molecule has 4 nitrogen and oxygen atoms in total. The second-order valence-corrected chi connectivity index (χ2v) is 7.56. The molecule has 27 heavy (non-hydrogen) atoms. The normalized spacial score (nSPS) is 12.0. The summed E-state index contributed by atoms with van der Waals surface area (Å²) in [6, 6.07) is 15.8. The maximum absolute atomic E-state index is 6.13. The summed E-state index contributed by atoms with van der Waals surface area (Å²) in [4.78, 5) is 0. The average Bonchev–Trinajstić information content (AvgIpc) is 3.06. The van der Waals surface area contributed by atoms with Crippen LogP contribution in [-0.2, 0) is 12.3 Å². The van der Waals surface area contributed by atoms with Crippen molar-refractivity contribution in [1.82, 2.24) is 14.8 Å². The van der Waals surface area contributed by atoms with Gasteiger partial charge in [-0.3, -0.25) is 4.57 Å². The highest BCUT2D eigenvalue weighted by atomic mass is 35.5. The fraction of sp³-hybridized carbons (Fsp3) is 0.238. The first-order chi connectivity index (χ1) is 13.1. The molecule has 2 aromatic carbocycles. The SMILES string of the molecule is C=CCn1c(SCc2ccc(Cl)cc2)nnc1C(C)Oc1ccccc1C. The number of aromatic nitrogens is 3. The van der Waals surface area contributed by atoms with E-state index in [-0.39, 0.29) is 6.10 Å². The van der Waals surface area contributed by atoms with Gasteiger partial charge in [-0.15, -0.1) is 16.8 Å². The van der Waals surface area contributed by atoms with E-state index in [4.69, 9.17) is 16.3 Å². The average molecular weight is 400 g/mol. The summed E-state index contributed by atoms with van der Waals surface area (Å²) in [5, 5.41) is 10.3. The molecule has 3 rings (SSSR count). The van der Waals surface area contributed by atoms with E-state index in [9.17, 15) is 0 Å². The van der Waals surface area contributed by atoms with Crippen molar-refractivity contribution >= 4 is 23.4 Å². The van der Waals surface area contributed by atoms with Gasteiger partial charge in [0.1, 0.15) is 5.75 Å². The molecule has 3 aromatic rings. The van der Waals surface area contributed by atoms with Crippen LogP contribution >= 0.6 is 23.4 Å². The van der Waals surface area contributed by atoms with E-state index >= 15 is 0 Å². The molecule has 0 saturated heterocycles. The summed E-state index contributed by atoms with van der Waals surface area (Å²) in [5.41, 5.74) is 2.28. The second kappa shape index (κ2) is 9.11. The zero-order valence-electron chi connectivity index (χ0n) is 15.4. The van der Waals surface area contributed by atoms with Crippen LogP contribution in [0.15, 0.2) is 66.3 Å². The molecule has 1 heterocycles. The number of nitrogens with zero attached hydrogens (tertiary/aromatic N) is 3. The Balaban J connectivity index is 1.76. The first kappa shape index (κ1) is 19.5. The van der Waals surface area contributed by atoms with Gasteiger partial charge < -0.3 is 4.74 Å². The quantitative estimate of drug-likeness (QED) is 0.351. The lowest BCUT2D eigenvalue weighted by Crippen LogP contribution is -2.12. The van der Waals surface area contributed by atoms with E-state index in [1.54, 1.807) is 11.8 Å². The van der Waals surface area contributed by atoms with Crippen molar-refractivity contribution in [2.45, 2.75) is 37.4 Å². The Labute approximate surface area is 169 Å². The molecule has 140 valence electrons. The monoisotopic (exact) mass is 399 g/mol. The van der Waals surface area contributed by atoms with Crippen LogP contribution in [0.2, 0.25) is 5.02 Å². The third kappa shape index (κ3) is 4.93. The van der Waals surface area contributed by atoms with Gasteiger partial charge in [-0.05, 0) is 43.2 Å². The summed E-state index contributed by atoms with van der Waals surface area (Å²) in [5.74, 6) is 2.43. The molecule has 1 aromatic heterocycles. The Morgan fingerprint density at radius 1 is 1.19 bits per heavy atom. The molecule has 0 aliphatic rings. The lowest BCUT2D eigenvalue weighted by molar-refractivity contribution is 0.209. The first-order valence-corrected chi connectivity index (χ1v) is 10.1. The molecule has 0 bridgehead atoms. The molecule has 6 heteroatoms. The molecule has 0 N–H and O–H groups in total. The third-order valence-electron chi connectivity index (χ3n) is 4.10. The number of hydrogen-bond donors (Lipinski definition) is 0. The Morgan fingerprint density at radius 2 is 1.93 bits per heavy atom. The minimum Gasteiger partial charge on any atom is -0.482 e. The smallest absolute Gasteiger partial charge is 0.191 e. The molecule has 0 spiro atoms. The number of halogens is 1. The Hall–Kier alpha value is -2.24. The van der Waals surface area contributed by atoms with E-state index in [1.807, 2.05) is 68.5 Å². The largest absolute Gasteiger partial charge is 0.482 e. The van der Waals surface area contributed by atoms with Gasteiger partial charge in [0.15, 0.2) is 17.1 Å². The highest BCUT2D eigenvalue weighted by Crippen LogP contribution is 2.28. The summed E-state index contributed by atoms with van der Waals surface area (Å²) >= 11 is 7.59. The number of aryl methyl sites for hydroxylation is 1. The number of benzene rings is 2. The number of thioether (sulfide) groups is 1. The van der Waals surface area contributed by atoms with Crippen LogP contribution in [0.4, 0.5) is 0 Å². The van der Waals surface area contributed by atoms with Crippen LogP contribution in [-0.4, -0.2) is 14.8 Å².